The molecule has 1 aromatic carbocycles. The summed E-state index contributed by atoms with van der Waals surface area (Å²) >= 11 is 0. The highest BCUT2D eigenvalue weighted by Gasteiger charge is 2.14. The van der Waals surface area contributed by atoms with E-state index in [1.165, 1.54) is 18.4 Å². The second-order valence-corrected chi connectivity index (χ2v) is 4.01. The van der Waals surface area contributed by atoms with E-state index in [9.17, 15) is 0 Å². The van der Waals surface area contributed by atoms with Crippen molar-refractivity contribution in [3.63, 3.8) is 0 Å². The van der Waals surface area contributed by atoms with Crippen molar-refractivity contribution >= 4 is 0 Å². The molecule has 2 rings (SSSR count). The van der Waals surface area contributed by atoms with Gasteiger partial charge >= 0.3 is 0 Å². The van der Waals surface area contributed by atoms with E-state index >= 15 is 0 Å². The van der Waals surface area contributed by atoms with Crippen LogP contribution in [0, 0.1) is 23.2 Å². The second kappa shape index (κ2) is 5.35. The predicted octanol–water partition coefficient (Wildman–Crippen LogP) is 2.03. The summed E-state index contributed by atoms with van der Waals surface area (Å²) in [6, 6.07) is 10.1. The topological polar surface area (TPSA) is 35.8 Å². The van der Waals surface area contributed by atoms with Crippen molar-refractivity contribution in [3.8, 4) is 17.9 Å². The van der Waals surface area contributed by atoms with E-state index in [2.05, 4.69) is 29.3 Å². The molecule has 1 N–H and O–H groups in total. The highest BCUT2D eigenvalue weighted by atomic mass is 14.9. The lowest BCUT2D eigenvalue weighted by atomic mass is 9.90. The van der Waals surface area contributed by atoms with E-state index in [1.807, 2.05) is 18.2 Å². The Labute approximate surface area is 96.3 Å². The van der Waals surface area contributed by atoms with Gasteiger partial charge in [0.15, 0.2) is 6.07 Å². The van der Waals surface area contributed by atoms with Gasteiger partial charge < -0.3 is 5.32 Å². The Morgan fingerprint density at radius 2 is 1.81 bits per heavy atom. The number of rotatable bonds is 1. The summed E-state index contributed by atoms with van der Waals surface area (Å²) in [5.41, 5.74) is 2.31. The molecule has 0 atom stereocenters. The summed E-state index contributed by atoms with van der Waals surface area (Å²) in [4.78, 5) is 0. The summed E-state index contributed by atoms with van der Waals surface area (Å²) in [5, 5.41) is 11.7. The maximum absolute atomic E-state index is 8.36. The van der Waals surface area contributed by atoms with Gasteiger partial charge in [0.1, 0.15) is 0 Å². The monoisotopic (exact) mass is 210 g/mol. The SMILES string of the molecule is N#CC#Cc1ccc(C2CCNCC2)cc1. The molecule has 1 aromatic rings. The first-order valence-corrected chi connectivity index (χ1v) is 5.61. The molecule has 0 radical (unpaired) electrons. The zero-order valence-electron chi connectivity index (χ0n) is 9.16. The maximum atomic E-state index is 8.36. The number of piperidine rings is 1. The van der Waals surface area contributed by atoms with Crippen molar-refractivity contribution in [3.05, 3.63) is 35.4 Å². The van der Waals surface area contributed by atoms with E-state index < -0.39 is 0 Å². The highest BCUT2D eigenvalue weighted by Crippen LogP contribution is 2.24. The van der Waals surface area contributed by atoms with Gasteiger partial charge in [0, 0.05) is 11.5 Å². The van der Waals surface area contributed by atoms with E-state index in [0.717, 1.165) is 18.7 Å². The Hall–Kier alpha value is -1.77. The fraction of sp³-hybridized carbons (Fsp3) is 0.357. The normalized spacial score (nSPS) is 15.9. The minimum absolute atomic E-state index is 0.680. The molecule has 2 heteroatoms. The Morgan fingerprint density at radius 3 is 2.44 bits per heavy atom. The van der Waals surface area contributed by atoms with Crippen molar-refractivity contribution in [1.82, 2.24) is 5.32 Å². The first-order valence-electron chi connectivity index (χ1n) is 5.61. The van der Waals surface area contributed by atoms with Crippen molar-refractivity contribution in [2.45, 2.75) is 18.8 Å². The summed E-state index contributed by atoms with van der Waals surface area (Å²) in [5.74, 6) is 5.89. The molecule has 1 aliphatic heterocycles. The number of nitrogens with zero attached hydrogens (tertiary/aromatic N) is 1. The van der Waals surface area contributed by atoms with E-state index in [1.54, 1.807) is 0 Å². The molecule has 16 heavy (non-hydrogen) atoms. The fourth-order valence-electron chi connectivity index (χ4n) is 2.09. The quantitative estimate of drug-likeness (QED) is 0.720. The van der Waals surface area contributed by atoms with Gasteiger partial charge in [-0.3, -0.25) is 0 Å². The molecule has 1 heterocycles. The van der Waals surface area contributed by atoms with Crippen LogP contribution in [0.5, 0.6) is 0 Å². The molecule has 0 bridgehead atoms. The largest absolute Gasteiger partial charge is 0.317 e. The predicted molar refractivity (Wildman–Crippen MR) is 63.8 cm³/mol. The average molecular weight is 210 g/mol. The first-order chi connectivity index (χ1) is 7.90. The van der Waals surface area contributed by atoms with Crippen molar-refractivity contribution < 1.29 is 0 Å². The molecule has 0 spiro atoms. The number of hydrogen-bond acceptors (Lipinski definition) is 2. The van der Waals surface area contributed by atoms with Gasteiger partial charge in [0.05, 0.1) is 0 Å². The molecule has 1 saturated heterocycles. The molecule has 1 fully saturated rings. The molecule has 0 aliphatic carbocycles. The summed E-state index contributed by atoms with van der Waals surface area (Å²) in [6.45, 7) is 2.22. The van der Waals surface area contributed by atoms with Crippen LogP contribution in [0.15, 0.2) is 24.3 Å². The standard InChI is InChI=1S/C14H14N2/c15-9-1-2-12-3-5-13(6-4-12)14-7-10-16-11-8-14/h3-6,14,16H,7-8,10-11H2. The smallest absolute Gasteiger partial charge is 0.152 e. The van der Waals surface area contributed by atoms with Crippen LogP contribution in [-0.2, 0) is 0 Å². The van der Waals surface area contributed by atoms with Gasteiger partial charge in [-0.2, -0.15) is 5.26 Å². The van der Waals surface area contributed by atoms with Crippen molar-refractivity contribution in [2.24, 2.45) is 0 Å². The molecule has 2 nitrogen and oxygen atoms in total. The number of nitrogens with one attached hydrogen (secondary N) is 1. The van der Waals surface area contributed by atoms with E-state index in [0.29, 0.717) is 5.92 Å². The second-order valence-electron chi connectivity index (χ2n) is 4.01. The molecule has 0 aromatic heterocycles. The molecule has 1 aliphatic rings. The molecular weight excluding hydrogens is 196 g/mol. The Kier molecular flexibility index (Phi) is 3.59. The summed E-state index contributed by atoms with van der Waals surface area (Å²) in [6.07, 6.45) is 2.42. The van der Waals surface area contributed by atoms with E-state index in [4.69, 9.17) is 5.26 Å². The maximum Gasteiger partial charge on any atom is 0.152 e. The van der Waals surface area contributed by atoms with Crippen molar-refractivity contribution in [1.29, 1.82) is 5.26 Å². The lowest BCUT2D eigenvalue weighted by molar-refractivity contribution is 0.460. The van der Waals surface area contributed by atoms with Crippen LogP contribution in [0.1, 0.15) is 29.9 Å². The zero-order valence-corrected chi connectivity index (χ0v) is 9.16. The van der Waals surface area contributed by atoms with Crippen LogP contribution in [0.3, 0.4) is 0 Å². The van der Waals surface area contributed by atoms with Gasteiger partial charge in [0.2, 0.25) is 0 Å². The molecule has 80 valence electrons. The van der Waals surface area contributed by atoms with Gasteiger partial charge in [0.25, 0.3) is 0 Å². The third-order valence-electron chi connectivity index (χ3n) is 2.98. The number of benzene rings is 1. The third kappa shape index (κ3) is 2.63. The minimum Gasteiger partial charge on any atom is -0.317 e. The Balaban J connectivity index is 2.09. The molecule has 0 saturated carbocycles. The molecular formula is C14H14N2. The average Bonchev–Trinajstić information content (AvgIpc) is 2.38. The van der Waals surface area contributed by atoms with Crippen LogP contribution in [-0.4, -0.2) is 13.1 Å². The Morgan fingerprint density at radius 1 is 1.12 bits per heavy atom. The summed E-state index contributed by atoms with van der Waals surface area (Å²) in [7, 11) is 0. The van der Waals surface area contributed by atoms with Crippen LogP contribution in [0.4, 0.5) is 0 Å². The highest BCUT2D eigenvalue weighted by molar-refractivity contribution is 5.39. The van der Waals surface area contributed by atoms with Gasteiger partial charge in [-0.1, -0.05) is 18.1 Å². The van der Waals surface area contributed by atoms with Crippen molar-refractivity contribution in [2.75, 3.05) is 13.1 Å². The first kappa shape index (κ1) is 10.7. The Bertz CT molecular complexity index is 436. The van der Waals surface area contributed by atoms with Gasteiger partial charge in [-0.25, -0.2) is 0 Å². The lowest BCUT2D eigenvalue weighted by Gasteiger charge is -2.22. The van der Waals surface area contributed by atoms with E-state index in [-0.39, 0.29) is 0 Å². The van der Waals surface area contributed by atoms with Gasteiger partial charge in [-0.15, -0.1) is 0 Å². The van der Waals surface area contributed by atoms with Crippen LogP contribution in [0.25, 0.3) is 0 Å². The van der Waals surface area contributed by atoms with Gasteiger partial charge in [-0.05, 0) is 49.5 Å². The zero-order chi connectivity index (χ0) is 11.2. The molecule has 0 unspecified atom stereocenters. The number of hydrogen-bond donors (Lipinski definition) is 1. The van der Waals surface area contributed by atoms with Crippen LogP contribution < -0.4 is 5.32 Å². The number of nitriles is 1. The fourth-order valence-corrected chi connectivity index (χ4v) is 2.09. The minimum atomic E-state index is 0.680. The van der Waals surface area contributed by atoms with Crippen LogP contribution >= 0.6 is 0 Å². The lowest BCUT2D eigenvalue weighted by Crippen LogP contribution is -2.26. The molecule has 0 amide bonds. The van der Waals surface area contributed by atoms with Crippen LogP contribution in [0.2, 0.25) is 0 Å². The summed E-state index contributed by atoms with van der Waals surface area (Å²) < 4.78 is 0. The third-order valence-corrected chi connectivity index (χ3v) is 2.98.